The molecule has 0 aliphatic heterocycles. The topological polar surface area (TPSA) is 71.5 Å². The van der Waals surface area contributed by atoms with E-state index in [-0.39, 0.29) is 5.56 Å². The van der Waals surface area contributed by atoms with Crippen molar-refractivity contribution in [2.75, 3.05) is 12.4 Å². The lowest BCUT2D eigenvalue weighted by atomic mass is 10.1. The van der Waals surface area contributed by atoms with Crippen molar-refractivity contribution in [2.45, 2.75) is 4.90 Å². The molecule has 0 radical (unpaired) electrons. The highest BCUT2D eigenvalue weighted by atomic mass is 79.9. The van der Waals surface area contributed by atoms with E-state index in [1.807, 2.05) is 18.2 Å². The number of halogens is 1. The van der Waals surface area contributed by atoms with Crippen molar-refractivity contribution in [3.05, 3.63) is 52.6 Å². The van der Waals surface area contributed by atoms with Crippen LogP contribution in [0.1, 0.15) is 10.4 Å². The molecule has 24 heavy (non-hydrogen) atoms. The maximum absolute atomic E-state index is 11.5. The number of nitrogens with zero attached hydrogens (tertiary/aromatic N) is 1. The molecule has 3 aromatic rings. The summed E-state index contributed by atoms with van der Waals surface area (Å²) in [6, 6.07) is 10.5. The Morgan fingerprint density at radius 3 is 2.79 bits per heavy atom. The van der Waals surface area contributed by atoms with Crippen LogP contribution in [-0.4, -0.2) is 23.2 Å². The normalized spacial score (nSPS) is 10.6. The second kappa shape index (κ2) is 6.70. The van der Waals surface area contributed by atoms with Crippen molar-refractivity contribution in [1.29, 1.82) is 0 Å². The summed E-state index contributed by atoms with van der Waals surface area (Å²) in [4.78, 5) is 16.5. The van der Waals surface area contributed by atoms with Crippen LogP contribution in [0.5, 0.6) is 5.75 Å². The maximum Gasteiger partial charge on any atom is 0.337 e. The van der Waals surface area contributed by atoms with E-state index >= 15 is 0 Å². The zero-order valence-corrected chi connectivity index (χ0v) is 15.1. The molecule has 0 atom stereocenters. The minimum atomic E-state index is -1.04. The fourth-order valence-corrected chi connectivity index (χ4v) is 2.95. The molecule has 0 saturated heterocycles. The Kier molecular flexibility index (Phi) is 4.64. The SMILES string of the molecule is COc1ccc(Nc2c(S)cnc3ccc(Br)cc23)c(C(=O)O)c1. The highest BCUT2D eigenvalue weighted by Crippen LogP contribution is 2.34. The number of fused-ring (bicyclic) bond motifs is 1. The summed E-state index contributed by atoms with van der Waals surface area (Å²) in [5.74, 6) is -0.567. The first-order valence-electron chi connectivity index (χ1n) is 6.95. The van der Waals surface area contributed by atoms with Crippen molar-refractivity contribution in [3.63, 3.8) is 0 Å². The van der Waals surface area contributed by atoms with Crippen LogP contribution in [0.3, 0.4) is 0 Å². The molecule has 1 aromatic heterocycles. The smallest absolute Gasteiger partial charge is 0.337 e. The number of aromatic nitrogens is 1. The van der Waals surface area contributed by atoms with Gasteiger partial charge in [-0.3, -0.25) is 4.98 Å². The summed E-state index contributed by atoms with van der Waals surface area (Å²) in [6.07, 6.45) is 1.63. The van der Waals surface area contributed by atoms with Crippen LogP contribution in [0, 0.1) is 0 Å². The first-order valence-corrected chi connectivity index (χ1v) is 8.19. The van der Waals surface area contributed by atoms with Crippen molar-refractivity contribution < 1.29 is 14.6 Å². The van der Waals surface area contributed by atoms with E-state index in [1.54, 1.807) is 18.3 Å². The van der Waals surface area contributed by atoms with Gasteiger partial charge in [-0.2, -0.15) is 0 Å². The van der Waals surface area contributed by atoms with Gasteiger partial charge in [0, 0.05) is 21.0 Å². The Bertz CT molecular complexity index is 941. The van der Waals surface area contributed by atoms with Crippen molar-refractivity contribution in [3.8, 4) is 5.75 Å². The molecule has 2 aromatic carbocycles. The van der Waals surface area contributed by atoms with Crippen LogP contribution in [-0.2, 0) is 0 Å². The standard InChI is InChI=1S/C17H13BrN2O3S/c1-23-10-3-5-14(12(7-10)17(21)22)20-16-11-6-9(18)2-4-13(11)19-8-15(16)24/h2-8,24H,1H3,(H,19,20)(H,21,22). The molecular weight excluding hydrogens is 392 g/mol. The van der Waals surface area contributed by atoms with E-state index < -0.39 is 5.97 Å². The second-order valence-electron chi connectivity index (χ2n) is 5.02. The van der Waals surface area contributed by atoms with Gasteiger partial charge in [-0.1, -0.05) is 15.9 Å². The molecule has 0 saturated carbocycles. The molecule has 7 heteroatoms. The van der Waals surface area contributed by atoms with Crippen LogP contribution in [0.4, 0.5) is 11.4 Å². The summed E-state index contributed by atoms with van der Waals surface area (Å²) < 4.78 is 5.99. The fourth-order valence-electron chi connectivity index (χ4n) is 2.36. The fraction of sp³-hybridized carbons (Fsp3) is 0.0588. The average Bonchev–Trinajstić information content (AvgIpc) is 2.57. The maximum atomic E-state index is 11.5. The minimum absolute atomic E-state index is 0.113. The van der Waals surface area contributed by atoms with E-state index in [0.717, 1.165) is 15.4 Å². The number of hydrogen-bond donors (Lipinski definition) is 3. The van der Waals surface area contributed by atoms with Gasteiger partial charge in [0.15, 0.2) is 0 Å². The largest absolute Gasteiger partial charge is 0.497 e. The first-order chi connectivity index (χ1) is 11.5. The van der Waals surface area contributed by atoms with Crippen molar-refractivity contribution >= 4 is 56.8 Å². The van der Waals surface area contributed by atoms with Crippen molar-refractivity contribution in [2.24, 2.45) is 0 Å². The van der Waals surface area contributed by atoms with E-state index in [0.29, 0.717) is 22.0 Å². The predicted molar refractivity (Wildman–Crippen MR) is 99.9 cm³/mol. The first kappa shape index (κ1) is 16.6. The molecule has 122 valence electrons. The zero-order chi connectivity index (χ0) is 17.3. The third-order valence-corrected chi connectivity index (χ3v) is 4.36. The number of anilines is 2. The molecule has 0 aliphatic rings. The number of thiol groups is 1. The van der Waals surface area contributed by atoms with E-state index in [1.165, 1.54) is 13.2 Å². The van der Waals surface area contributed by atoms with Gasteiger partial charge in [0.05, 0.1) is 29.6 Å². The second-order valence-corrected chi connectivity index (χ2v) is 6.42. The Morgan fingerprint density at radius 1 is 1.29 bits per heavy atom. The molecule has 0 amide bonds. The number of benzene rings is 2. The molecule has 0 aliphatic carbocycles. The lowest BCUT2D eigenvalue weighted by Gasteiger charge is -2.15. The minimum Gasteiger partial charge on any atom is -0.497 e. The molecule has 2 N–H and O–H groups in total. The van der Waals surface area contributed by atoms with Gasteiger partial charge in [-0.15, -0.1) is 12.6 Å². The Labute approximate surface area is 152 Å². The molecule has 0 spiro atoms. The van der Waals surface area contributed by atoms with E-state index in [2.05, 4.69) is 38.9 Å². The molecule has 0 fully saturated rings. The van der Waals surface area contributed by atoms with Gasteiger partial charge in [-0.25, -0.2) is 4.79 Å². The Balaban J connectivity index is 2.15. The summed E-state index contributed by atoms with van der Waals surface area (Å²) in [6.45, 7) is 0. The third kappa shape index (κ3) is 3.18. The lowest BCUT2D eigenvalue weighted by Crippen LogP contribution is -2.04. The molecule has 0 unspecified atom stereocenters. The lowest BCUT2D eigenvalue weighted by molar-refractivity contribution is 0.0697. The summed E-state index contributed by atoms with van der Waals surface area (Å²) in [7, 11) is 1.49. The Hall–Kier alpha value is -2.25. The highest BCUT2D eigenvalue weighted by Gasteiger charge is 2.14. The summed E-state index contributed by atoms with van der Waals surface area (Å²) in [5, 5.41) is 13.5. The van der Waals surface area contributed by atoms with Gasteiger partial charge in [0.2, 0.25) is 0 Å². The predicted octanol–water partition coefficient (Wildman–Crippen LogP) is 4.74. The monoisotopic (exact) mass is 404 g/mol. The highest BCUT2D eigenvalue weighted by molar-refractivity contribution is 9.10. The number of pyridine rings is 1. The van der Waals surface area contributed by atoms with Crippen LogP contribution in [0.25, 0.3) is 10.9 Å². The summed E-state index contributed by atoms with van der Waals surface area (Å²) >= 11 is 7.89. The quantitative estimate of drug-likeness (QED) is 0.547. The van der Waals surface area contributed by atoms with Gasteiger partial charge in [0.25, 0.3) is 0 Å². The molecule has 3 rings (SSSR count). The number of ether oxygens (including phenoxy) is 1. The molecule has 0 bridgehead atoms. The van der Waals surface area contributed by atoms with Crippen LogP contribution >= 0.6 is 28.6 Å². The number of methoxy groups -OCH3 is 1. The van der Waals surface area contributed by atoms with Gasteiger partial charge in [-0.05, 0) is 36.4 Å². The number of carbonyl (C=O) groups is 1. The molecular formula is C17H13BrN2O3S. The molecule has 1 heterocycles. The van der Waals surface area contributed by atoms with Crippen LogP contribution < -0.4 is 10.1 Å². The number of carboxylic acids is 1. The van der Waals surface area contributed by atoms with E-state index in [4.69, 9.17) is 4.74 Å². The summed E-state index contributed by atoms with van der Waals surface area (Å²) in [5.41, 5.74) is 2.04. The zero-order valence-electron chi connectivity index (χ0n) is 12.6. The number of carboxylic acid groups (broad SMARTS) is 1. The molecule has 5 nitrogen and oxygen atoms in total. The number of nitrogens with one attached hydrogen (secondary N) is 1. The van der Waals surface area contributed by atoms with Gasteiger partial charge in [0.1, 0.15) is 5.75 Å². The van der Waals surface area contributed by atoms with Gasteiger partial charge < -0.3 is 15.2 Å². The van der Waals surface area contributed by atoms with Crippen LogP contribution in [0.15, 0.2) is 52.0 Å². The average molecular weight is 405 g/mol. The number of rotatable bonds is 4. The Morgan fingerprint density at radius 2 is 2.08 bits per heavy atom. The van der Waals surface area contributed by atoms with Crippen LogP contribution in [0.2, 0.25) is 0 Å². The van der Waals surface area contributed by atoms with E-state index in [9.17, 15) is 9.90 Å². The number of aromatic carboxylic acids is 1. The van der Waals surface area contributed by atoms with Crippen molar-refractivity contribution in [1.82, 2.24) is 4.98 Å². The van der Waals surface area contributed by atoms with Gasteiger partial charge >= 0.3 is 5.97 Å². The third-order valence-electron chi connectivity index (χ3n) is 3.53. The number of hydrogen-bond acceptors (Lipinski definition) is 5.